The third kappa shape index (κ3) is 3.50. The molecule has 2 rings (SSSR count). The second kappa shape index (κ2) is 6.38. The van der Waals surface area contributed by atoms with Gasteiger partial charge >= 0.3 is 0 Å². The molecule has 122 valence electrons. The second-order valence-corrected chi connectivity index (χ2v) is 7.97. The van der Waals surface area contributed by atoms with Gasteiger partial charge in [-0.3, -0.25) is 4.79 Å². The first kappa shape index (κ1) is 17.0. The fourth-order valence-corrected chi connectivity index (χ4v) is 3.93. The highest BCUT2D eigenvalue weighted by atomic mass is 32.2. The van der Waals surface area contributed by atoms with Crippen LogP contribution < -0.4 is 9.62 Å². The van der Waals surface area contributed by atoms with E-state index in [-0.39, 0.29) is 22.8 Å². The van der Waals surface area contributed by atoms with E-state index in [1.165, 1.54) is 0 Å². The van der Waals surface area contributed by atoms with Gasteiger partial charge in [-0.15, -0.1) is 0 Å². The lowest BCUT2D eigenvalue weighted by molar-refractivity contribution is -0.117. The standard InChI is InChI=1S/C16H24N2O3S/c1-11(2)13(4)17-22(20,21)14-7-8-15(12(3)10-14)18-9-5-6-16(18)19/h7-8,10-11,13,17H,5-6,9H2,1-4H3. The van der Waals surface area contributed by atoms with Gasteiger partial charge in [-0.2, -0.15) is 0 Å². The first-order chi connectivity index (χ1) is 10.2. The van der Waals surface area contributed by atoms with E-state index in [1.54, 1.807) is 23.1 Å². The molecule has 1 N–H and O–H groups in total. The lowest BCUT2D eigenvalue weighted by atomic mass is 10.1. The summed E-state index contributed by atoms with van der Waals surface area (Å²) >= 11 is 0. The average molecular weight is 324 g/mol. The Morgan fingerprint density at radius 2 is 1.91 bits per heavy atom. The molecule has 0 radical (unpaired) electrons. The normalized spacial score (nSPS) is 17.3. The summed E-state index contributed by atoms with van der Waals surface area (Å²) in [4.78, 5) is 13.8. The highest BCUT2D eigenvalue weighted by molar-refractivity contribution is 7.89. The van der Waals surface area contributed by atoms with Crippen LogP contribution >= 0.6 is 0 Å². The molecule has 0 saturated carbocycles. The van der Waals surface area contributed by atoms with Crippen molar-refractivity contribution in [1.29, 1.82) is 0 Å². The van der Waals surface area contributed by atoms with Gasteiger partial charge < -0.3 is 4.90 Å². The number of carbonyl (C=O) groups is 1. The first-order valence-corrected chi connectivity index (χ1v) is 9.14. The Bertz CT molecular complexity index is 668. The van der Waals surface area contributed by atoms with Gasteiger partial charge in [0.05, 0.1) is 4.90 Å². The maximum Gasteiger partial charge on any atom is 0.240 e. The van der Waals surface area contributed by atoms with Crippen molar-refractivity contribution in [3.05, 3.63) is 23.8 Å². The molecule has 1 fully saturated rings. The number of sulfonamides is 1. The van der Waals surface area contributed by atoms with Crippen molar-refractivity contribution in [2.45, 2.75) is 51.5 Å². The average Bonchev–Trinajstić information content (AvgIpc) is 2.84. The number of carbonyl (C=O) groups excluding carboxylic acids is 1. The second-order valence-electron chi connectivity index (χ2n) is 6.25. The number of rotatable bonds is 5. The molecule has 1 aliphatic rings. The van der Waals surface area contributed by atoms with E-state index in [4.69, 9.17) is 0 Å². The molecule has 0 aliphatic carbocycles. The fourth-order valence-electron chi connectivity index (χ4n) is 2.45. The maximum atomic E-state index is 12.4. The molecule has 1 amide bonds. The summed E-state index contributed by atoms with van der Waals surface area (Å²) in [6.07, 6.45) is 1.42. The van der Waals surface area contributed by atoms with Crippen LogP contribution in [0.4, 0.5) is 5.69 Å². The number of nitrogens with one attached hydrogen (secondary N) is 1. The summed E-state index contributed by atoms with van der Waals surface area (Å²) in [5, 5.41) is 0. The lowest BCUT2D eigenvalue weighted by Crippen LogP contribution is -2.36. The Morgan fingerprint density at radius 1 is 1.23 bits per heavy atom. The van der Waals surface area contributed by atoms with Crippen molar-refractivity contribution in [2.75, 3.05) is 11.4 Å². The summed E-state index contributed by atoms with van der Waals surface area (Å²) in [5.41, 5.74) is 1.61. The minimum absolute atomic E-state index is 0.102. The van der Waals surface area contributed by atoms with Gasteiger partial charge in [0, 0.05) is 24.7 Å². The Hall–Kier alpha value is -1.40. The zero-order chi connectivity index (χ0) is 16.5. The number of hydrogen-bond acceptors (Lipinski definition) is 3. The van der Waals surface area contributed by atoms with E-state index in [0.29, 0.717) is 13.0 Å². The molecule has 1 aromatic carbocycles. The van der Waals surface area contributed by atoms with Crippen molar-refractivity contribution in [3.8, 4) is 0 Å². The minimum Gasteiger partial charge on any atom is -0.312 e. The molecule has 1 aliphatic heterocycles. The number of hydrogen-bond donors (Lipinski definition) is 1. The Balaban J connectivity index is 2.27. The largest absolute Gasteiger partial charge is 0.312 e. The molecular weight excluding hydrogens is 300 g/mol. The molecule has 1 unspecified atom stereocenters. The molecule has 1 aromatic rings. The fraction of sp³-hybridized carbons (Fsp3) is 0.562. The predicted molar refractivity (Wildman–Crippen MR) is 87.4 cm³/mol. The van der Waals surface area contributed by atoms with Crippen molar-refractivity contribution in [1.82, 2.24) is 4.72 Å². The topological polar surface area (TPSA) is 66.5 Å². The molecule has 1 heterocycles. The van der Waals surface area contributed by atoms with Gasteiger partial charge in [-0.1, -0.05) is 13.8 Å². The molecule has 6 heteroatoms. The van der Waals surface area contributed by atoms with E-state index < -0.39 is 10.0 Å². The highest BCUT2D eigenvalue weighted by Gasteiger charge is 2.25. The lowest BCUT2D eigenvalue weighted by Gasteiger charge is -2.20. The number of aryl methyl sites for hydroxylation is 1. The zero-order valence-electron chi connectivity index (χ0n) is 13.6. The number of benzene rings is 1. The van der Waals surface area contributed by atoms with Crippen molar-refractivity contribution >= 4 is 21.6 Å². The van der Waals surface area contributed by atoms with E-state index >= 15 is 0 Å². The smallest absolute Gasteiger partial charge is 0.240 e. The Kier molecular flexibility index (Phi) is 4.92. The molecule has 22 heavy (non-hydrogen) atoms. The van der Waals surface area contributed by atoms with Crippen LogP contribution in [0, 0.1) is 12.8 Å². The summed E-state index contributed by atoms with van der Waals surface area (Å²) in [6.45, 7) is 8.34. The number of anilines is 1. The van der Waals surface area contributed by atoms with Gasteiger partial charge in [0.2, 0.25) is 15.9 Å². The minimum atomic E-state index is -3.53. The van der Waals surface area contributed by atoms with Crippen LogP contribution in [-0.4, -0.2) is 26.9 Å². The summed E-state index contributed by atoms with van der Waals surface area (Å²) in [5.74, 6) is 0.322. The van der Waals surface area contributed by atoms with E-state index in [9.17, 15) is 13.2 Å². The predicted octanol–water partition coefficient (Wildman–Crippen LogP) is 2.44. The van der Waals surface area contributed by atoms with Crippen LogP contribution in [0.3, 0.4) is 0 Å². The van der Waals surface area contributed by atoms with Crippen LogP contribution in [0.5, 0.6) is 0 Å². The third-order valence-corrected chi connectivity index (χ3v) is 5.74. The summed E-state index contributed by atoms with van der Waals surface area (Å²) < 4.78 is 27.5. The number of amides is 1. The van der Waals surface area contributed by atoms with Crippen molar-refractivity contribution in [2.24, 2.45) is 5.92 Å². The van der Waals surface area contributed by atoms with Crippen molar-refractivity contribution < 1.29 is 13.2 Å². The van der Waals surface area contributed by atoms with Crippen LogP contribution in [0.15, 0.2) is 23.1 Å². The van der Waals surface area contributed by atoms with Gasteiger partial charge in [-0.25, -0.2) is 13.1 Å². The van der Waals surface area contributed by atoms with Crippen LogP contribution in [-0.2, 0) is 14.8 Å². The summed E-state index contributed by atoms with van der Waals surface area (Å²) in [7, 11) is -3.53. The van der Waals surface area contributed by atoms with E-state index in [2.05, 4.69) is 4.72 Å². The van der Waals surface area contributed by atoms with Crippen molar-refractivity contribution in [3.63, 3.8) is 0 Å². The SMILES string of the molecule is Cc1cc(S(=O)(=O)NC(C)C(C)C)ccc1N1CCCC1=O. The van der Waals surface area contributed by atoms with Crippen LogP contribution in [0.2, 0.25) is 0 Å². The van der Waals surface area contributed by atoms with Gasteiger partial charge in [-0.05, 0) is 49.9 Å². The van der Waals surface area contributed by atoms with E-state index in [1.807, 2.05) is 27.7 Å². The van der Waals surface area contributed by atoms with Crippen LogP contribution in [0.25, 0.3) is 0 Å². The quantitative estimate of drug-likeness (QED) is 0.904. The molecule has 5 nitrogen and oxygen atoms in total. The number of nitrogens with zero attached hydrogens (tertiary/aromatic N) is 1. The van der Waals surface area contributed by atoms with Gasteiger partial charge in [0.25, 0.3) is 0 Å². The molecule has 1 saturated heterocycles. The third-order valence-electron chi connectivity index (χ3n) is 4.18. The molecule has 0 bridgehead atoms. The molecule has 0 spiro atoms. The van der Waals surface area contributed by atoms with Crippen LogP contribution in [0.1, 0.15) is 39.2 Å². The molecule has 0 aromatic heterocycles. The zero-order valence-corrected chi connectivity index (χ0v) is 14.4. The molecule has 1 atom stereocenters. The van der Waals surface area contributed by atoms with Gasteiger partial charge in [0.1, 0.15) is 0 Å². The highest BCUT2D eigenvalue weighted by Crippen LogP contribution is 2.27. The Labute approximate surface area is 132 Å². The monoisotopic (exact) mass is 324 g/mol. The summed E-state index contributed by atoms with van der Waals surface area (Å²) in [6, 6.07) is 4.80. The Morgan fingerprint density at radius 3 is 2.41 bits per heavy atom. The maximum absolute atomic E-state index is 12.4. The van der Waals surface area contributed by atoms with E-state index in [0.717, 1.165) is 17.7 Å². The van der Waals surface area contributed by atoms with Gasteiger partial charge in [0.15, 0.2) is 0 Å². The first-order valence-electron chi connectivity index (χ1n) is 7.65. The molecular formula is C16H24N2O3S.